The monoisotopic (exact) mass is 214 g/mol. The third kappa shape index (κ3) is 3.16. The van der Waals surface area contributed by atoms with E-state index in [1.165, 1.54) is 0 Å². The largest absolute Gasteiger partial charge is 0.393 e. The molecule has 0 aliphatic heterocycles. The lowest BCUT2D eigenvalue weighted by atomic mass is 9.95. The van der Waals surface area contributed by atoms with Crippen molar-refractivity contribution in [3.8, 4) is 0 Å². The summed E-state index contributed by atoms with van der Waals surface area (Å²) in [7, 11) is 0. The molecule has 0 aromatic rings. The summed E-state index contributed by atoms with van der Waals surface area (Å²) in [6, 6.07) is 0. The van der Waals surface area contributed by atoms with Crippen LogP contribution in [0.25, 0.3) is 0 Å². The van der Waals surface area contributed by atoms with Gasteiger partial charge in [-0.15, -0.1) is 0 Å². The Morgan fingerprint density at radius 3 is 2.27 bits per heavy atom. The maximum atomic E-state index is 10.1. The highest BCUT2D eigenvalue weighted by Gasteiger charge is 2.32. The Bertz CT molecular complexity index is 191. The van der Waals surface area contributed by atoms with Gasteiger partial charge in [-0.05, 0) is 38.5 Å². The van der Waals surface area contributed by atoms with Crippen molar-refractivity contribution in [1.82, 2.24) is 0 Å². The summed E-state index contributed by atoms with van der Waals surface area (Å²) in [6.07, 6.45) is 7.76. The van der Waals surface area contributed by atoms with Gasteiger partial charge in [0, 0.05) is 0 Å². The Morgan fingerprint density at radius 1 is 1.07 bits per heavy atom. The van der Waals surface area contributed by atoms with Gasteiger partial charge in [-0.1, -0.05) is 12.8 Å². The van der Waals surface area contributed by atoms with E-state index in [1.807, 2.05) is 0 Å². The zero-order valence-corrected chi connectivity index (χ0v) is 9.32. The lowest BCUT2D eigenvalue weighted by Gasteiger charge is -2.29. The number of aliphatic hydroxyl groups excluding tert-OH is 1. The standard InChI is InChI=1S/C12H22O3/c13-10-3-5-11(6-4-10)15-9-12(14)7-1-2-8-12/h10-11,13-14H,1-9H2. The molecule has 2 aliphatic rings. The number of hydrogen-bond donors (Lipinski definition) is 2. The maximum Gasteiger partial charge on any atom is 0.0880 e. The van der Waals surface area contributed by atoms with Crippen molar-refractivity contribution in [2.75, 3.05) is 6.61 Å². The molecule has 0 amide bonds. The smallest absolute Gasteiger partial charge is 0.0880 e. The average molecular weight is 214 g/mol. The highest BCUT2D eigenvalue weighted by atomic mass is 16.5. The van der Waals surface area contributed by atoms with Crippen molar-refractivity contribution in [1.29, 1.82) is 0 Å². The van der Waals surface area contributed by atoms with Crippen LogP contribution in [0.1, 0.15) is 51.4 Å². The molecular weight excluding hydrogens is 192 g/mol. The van der Waals surface area contributed by atoms with Crippen LogP contribution in [-0.4, -0.2) is 34.6 Å². The van der Waals surface area contributed by atoms with Gasteiger partial charge in [0.05, 0.1) is 24.4 Å². The maximum absolute atomic E-state index is 10.1. The molecule has 0 aromatic carbocycles. The highest BCUT2D eigenvalue weighted by Crippen LogP contribution is 2.31. The molecule has 88 valence electrons. The van der Waals surface area contributed by atoms with E-state index in [4.69, 9.17) is 4.74 Å². The summed E-state index contributed by atoms with van der Waals surface area (Å²) in [5, 5.41) is 19.5. The van der Waals surface area contributed by atoms with Crippen LogP contribution >= 0.6 is 0 Å². The van der Waals surface area contributed by atoms with Crippen molar-refractivity contribution < 1.29 is 14.9 Å². The van der Waals surface area contributed by atoms with Gasteiger partial charge in [-0.2, -0.15) is 0 Å². The van der Waals surface area contributed by atoms with Crippen molar-refractivity contribution in [2.24, 2.45) is 0 Å². The molecule has 2 fully saturated rings. The fourth-order valence-electron chi connectivity index (χ4n) is 2.66. The molecule has 0 atom stereocenters. The second kappa shape index (κ2) is 4.81. The second-order valence-electron chi connectivity index (χ2n) is 5.17. The molecule has 2 N–H and O–H groups in total. The summed E-state index contributed by atoms with van der Waals surface area (Å²) in [4.78, 5) is 0. The van der Waals surface area contributed by atoms with E-state index in [1.54, 1.807) is 0 Å². The van der Waals surface area contributed by atoms with Crippen molar-refractivity contribution >= 4 is 0 Å². The zero-order chi connectivity index (χ0) is 10.7. The van der Waals surface area contributed by atoms with Crippen LogP contribution in [0.3, 0.4) is 0 Å². The van der Waals surface area contributed by atoms with Gasteiger partial charge in [0.2, 0.25) is 0 Å². The molecule has 3 nitrogen and oxygen atoms in total. The predicted molar refractivity (Wildman–Crippen MR) is 57.6 cm³/mol. The minimum Gasteiger partial charge on any atom is -0.393 e. The molecule has 0 heterocycles. The number of ether oxygens (including phenoxy) is 1. The molecule has 0 saturated heterocycles. The van der Waals surface area contributed by atoms with Crippen molar-refractivity contribution in [3.63, 3.8) is 0 Å². The van der Waals surface area contributed by atoms with E-state index < -0.39 is 5.60 Å². The summed E-state index contributed by atoms with van der Waals surface area (Å²) < 4.78 is 5.76. The molecule has 2 saturated carbocycles. The molecule has 15 heavy (non-hydrogen) atoms. The van der Waals surface area contributed by atoms with Crippen LogP contribution in [0, 0.1) is 0 Å². The Balaban J connectivity index is 1.69. The summed E-state index contributed by atoms with van der Waals surface area (Å²) >= 11 is 0. The molecule has 2 rings (SSSR count). The Hall–Kier alpha value is -0.120. The third-order valence-electron chi connectivity index (χ3n) is 3.77. The third-order valence-corrected chi connectivity index (χ3v) is 3.77. The Morgan fingerprint density at radius 2 is 1.67 bits per heavy atom. The van der Waals surface area contributed by atoms with E-state index in [-0.39, 0.29) is 12.2 Å². The van der Waals surface area contributed by atoms with Crippen LogP contribution < -0.4 is 0 Å². The quantitative estimate of drug-likeness (QED) is 0.750. The van der Waals surface area contributed by atoms with Crippen LogP contribution in [0.2, 0.25) is 0 Å². The first-order valence-corrected chi connectivity index (χ1v) is 6.20. The Labute approximate surface area is 91.4 Å². The van der Waals surface area contributed by atoms with Gasteiger partial charge in [0.1, 0.15) is 0 Å². The van der Waals surface area contributed by atoms with E-state index in [0.29, 0.717) is 6.61 Å². The molecule has 0 bridgehead atoms. The van der Waals surface area contributed by atoms with Crippen LogP contribution in [0.4, 0.5) is 0 Å². The molecule has 3 heteroatoms. The fourth-order valence-corrected chi connectivity index (χ4v) is 2.66. The summed E-state index contributed by atoms with van der Waals surface area (Å²) in [6.45, 7) is 0.494. The van der Waals surface area contributed by atoms with Gasteiger partial charge in [-0.25, -0.2) is 0 Å². The minimum absolute atomic E-state index is 0.126. The van der Waals surface area contributed by atoms with Gasteiger partial charge in [0.25, 0.3) is 0 Å². The normalized spacial score (nSPS) is 35.6. The first-order chi connectivity index (χ1) is 7.18. The molecule has 0 radical (unpaired) electrons. The van der Waals surface area contributed by atoms with Crippen LogP contribution in [0.15, 0.2) is 0 Å². The van der Waals surface area contributed by atoms with Crippen LogP contribution in [0.5, 0.6) is 0 Å². The average Bonchev–Trinajstić information content (AvgIpc) is 2.65. The first-order valence-electron chi connectivity index (χ1n) is 6.20. The number of hydrogen-bond acceptors (Lipinski definition) is 3. The van der Waals surface area contributed by atoms with E-state index in [9.17, 15) is 10.2 Å². The summed E-state index contributed by atoms with van der Waals surface area (Å²) in [5.74, 6) is 0. The SMILES string of the molecule is OC1CCC(OCC2(O)CCCC2)CC1. The van der Waals surface area contributed by atoms with Crippen molar-refractivity contribution in [2.45, 2.75) is 69.2 Å². The van der Waals surface area contributed by atoms with Crippen molar-refractivity contribution in [3.05, 3.63) is 0 Å². The number of rotatable bonds is 3. The van der Waals surface area contributed by atoms with Gasteiger partial charge in [0.15, 0.2) is 0 Å². The topological polar surface area (TPSA) is 49.7 Å². The molecule has 0 aromatic heterocycles. The fraction of sp³-hybridized carbons (Fsp3) is 1.00. The van der Waals surface area contributed by atoms with E-state index >= 15 is 0 Å². The number of aliphatic hydroxyl groups is 2. The molecule has 0 spiro atoms. The summed E-state index contributed by atoms with van der Waals surface area (Å²) in [5.41, 5.74) is -0.546. The zero-order valence-electron chi connectivity index (χ0n) is 9.32. The Kier molecular flexibility index (Phi) is 3.65. The van der Waals surface area contributed by atoms with E-state index in [0.717, 1.165) is 51.4 Å². The molecule has 0 unspecified atom stereocenters. The predicted octanol–water partition coefficient (Wildman–Crippen LogP) is 1.61. The van der Waals surface area contributed by atoms with Gasteiger partial charge in [-0.3, -0.25) is 0 Å². The highest BCUT2D eigenvalue weighted by molar-refractivity contribution is 4.84. The lowest BCUT2D eigenvalue weighted by Crippen LogP contribution is -2.34. The minimum atomic E-state index is -0.546. The lowest BCUT2D eigenvalue weighted by molar-refractivity contribution is -0.0846. The van der Waals surface area contributed by atoms with E-state index in [2.05, 4.69) is 0 Å². The van der Waals surface area contributed by atoms with Gasteiger partial charge >= 0.3 is 0 Å². The molecule has 2 aliphatic carbocycles. The first kappa shape index (κ1) is 11.4. The molecular formula is C12H22O3. The van der Waals surface area contributed by atoms with Crippen LogP contribution in [-0.2, 0) is 4.74 Å². The van der Waals surface area contributed by atoms with Gasteiger partial charge < -0.3 is 14.9 Å². The second-order valence-corrected chi connectivity index (χ2v) is 5.17.